The van der Waals surface area contributed by atoms with Crippen LogP contribution in [0.2, 0.25) is 0 Å². The highest BCUT2D eigenvalue weighted by Crippen LogP contribution is 2.32. The van der Waals surface area contributed by atoms with Crippen molar-refractivity contribution < 1.29 is 27.8 Å². The Morgan fingerprint density at radius 1 is 1.22 bits per heavy atom. The highest BCUT2D eigenvalue weighted by atomic mass is 32.2. The van der Waals surface area contributed by atoms with Gasteiger partial charge in [-0.2, -0.15) is 0 Å². The highest BCUT2D eigenvalue weighted by Gasteiger charge is 2.21. The number of carboxylic acid groups (broad SMARTS) is 1. The summed E-state index contributed by atoms with van der Waals surface area (Å²) < 4.78 is 34.2. The van der Waals surface area contributed by atoms with E-state index >= 15 is 0 Å². The summed E-state index contributed by atoms with van der Waals surface area (Å²) in [6.07, 6.45) is 0.714. The van der Waals surface area contributed by atoms with E-state index in [9.17, 15) is 13.2 Å². The molecule has 18 heavy (non-hydrogen) atoms. The number of fused-ring (bicyclic) bond motifs is 1. The molecule has 0 aliphatic carbocycles. The van der Waals surface area contributed by atoms with E-state index in [2.05, 4.69) is 0 Å². The van der Waals surface area contributed by atoms with Gasteiger partial charge in [0.15, 0.2) is 27.1 Å². The third-order valence-corrected chi connectivity index (χ3v) is 3.99. The van der Waals surface area contributed by atoms with Crippen molar-refractivity contribution in [1.82, 2.24) is 0 Å². The zero-order valence-corrected chi connectivity index (χ0v) is 10.3. The second-order valence-electron chi connectivity index (χ2n) is 3.81. The molecule has 0 fully saturated rings. The Bertz CT molecular complexity index is 563. The molecule has 1 aromatic carbocycles. The molecule has 1 aliphatic heterocycles. The van der Waals surface area contributed by atoms with E-state index in [1.807, 2.05) is 0 Å². The van der Waals surface area contributed by atoms with Crippen molar-refractivity contribution in [2.45, 2.75) is 11.3 Å². The van der Waals surface area contributed by atoms with Gasteiger partial charge in [-0.15, -0.1) is 0 Å². The Morgan fingerprint density at radius 2 is 1.89 bits per heavy atom. The van der Waals surface area contributed by atoms with Gasteiger partial charge in [-0.1, -0.05) is 0 Å². The molecule has 0 bridgehead atoms. The van der Waals surface area contributed by atoms with Gasteiger partial charge in [0.2, 0.25) is 0 Å². The van der Waals surface area contributed by atoms with Crippen LogP contribution in [-0.4, -0.2) is 38.5 Å². The van der Waals surface area contributed by atoms with Crippen molar-refractivity contribution in [2.24, 2.45) is 0 Å². The molecular formula is C11H12O6S. The highest BCUT2D eigenvalue weighted by molar-refractivity contribution is 7.92. The first kappa shape index (κ1) is 12.7. The van der Waals surface area contributed by atoms with Gasteiger partial charge in [-0.05, 0) is 12.1 Å². The summed E-state index contributed by atoms with van der Waals surface area (Å²) in [6.45, 7) is 0.948. The molecule has 1 N–H and O–H groups in total. The van der Waals surface area contributed by atoms with Crippen LogP contribution in [0.4, 0.5) is 0 Å². The van der Waals surface area contributed by atoms with Crippen molar-refractivity contribution in [3.05, 3.63) is 18.2 Å². The van der Waals surface area contributed by atoms with E-state index in [1.54, 1.807) is 0 Å². The topological polar surface area (TPSA) is 89.9 Å². The van der Waals surface area contributed by atoms with E-state index in [1.165, 1.54) is 18.2 Å². The molecular weight excluding hydrogens is 260 g/mol. The second-order valence-corrected chi connectivity index (χ2v) is 5.80. The molecule has 98 valence electrons. The van der Waals surface area contributed by atoms with Gasteiger partial charge in [0, 0.05) is 12.5 Å². The lowest BCUT2D eigenvalue weighted by atomic mass is 10.3. The normalized spacial score (nSPS) is 14.9. The van der Waals surface area contributed by atoms with E-state index < -0.39 is 21.6 Å². The van der Waals surface area contributed by atoms with Gasteiger partial charge in [-0.3, -0.25) is 4.79 Å². The lowest BCUT2D eigenvalue weighted by Crippen LogP contribution is -2.15. The predicted octanol–water partition coefficient (Wildman–Crippen LogP) is 0.706. The molecule has 6 nitrogen and oxygen atoms in total. The average molecular weight is 272 g/mol. The first-order valence-corrected chi connectivity index (χ1v) is 6.98. The largest absolute Gasteiger partial charge is 0.490 e. The Balaban J connectivity index is 2.36. The number of ether oxygens (including phenoxy) is 2. The van der Waals surface area contributed by atoms with Crippen LogP contribution in [0.5, 0.6) is 11.5 Å². The third kappa shape index (κ3) is 2.73. The van der Waals surface area contributed by atoms with Crippen LogP contribution < -0.4 is 9.47 Å². The number of benzene rings is 1. The van der Waals surface area contributed by atoms with Crippen LogP contribution in [0.15, 0.2) is 23.1 Å². The number of rotatable bonds is 3. The molecule has 7 heteroatoms. The number of hydrogen-bond donors (Lipinski definition) is 1. The van der Waals surface area contributed by atoms with Crippen LogP contribution in [-0.2, 0) is 14.6 Å². The maximum absolute atomic E-state index is 11.7. The number of carboxylic acids is 1. The van der Waals surface area contributed by atoms with Crippen LogP contribution in [0, 0.1) is 0 Å². The fourth-order valence-electron chi connectivity index (χ4n) is 1.58. The van der Waals surface area contributed by atoms with Gasteiger partial charge in [0.05, 0.1) is 18.1 Å². The Morgan fingerprint density at radius 3 is 2.56 bits per heavy atom. The summed E-state index contributed by atoms with van der Waals surface area (Å²) >= 11 is 0. The third-order valence-electron chi connectivity index (χ3n) is 2.39. The summed E-state index contributed by atoms with van der Waals surface area (Å²) in [5.41, 5.74) is 0. The Hall–Kier alpha value is -1.76. The SMILES string of the molecule is O=C(O)CS(=O)(=O)c1ccc2c(c1)OCCCO2. The molecule has 0 spiro atoms. The van der Waals surface area contributed by atoms with Crippen molar-refractivity contribution in [3.8, 4) is 11.5 Å². The monoisotopic (exact) mass is 272 g/mol. The van der Waals surface area contributed by atoms with Crippen LogP contribution >= 0.6 is 0 Å². The number of aliphatic carboxylic acids is 1. The number of sulfone groups is 1. The lowest BCUT2D eigenvalue weighted by Gasteiger charge is -2.09. The maximum Gasteiger partial charge on any atom is 0.319 e. The summed E-state index contributed by atoms with van der Waals surface area (Å²) in [5, 5.41) is 8.56. The van der Waals surface area contributed by atoms with Crippen LogP contribution in [0.25, 0.3) is 0 Å². The second kappa shape index (κ2) is 4.85. The van der Waals surface area contributed by atoms with Crippen molar-refractivity contribution >= 4 is 15.8 Å². The maximum atomic E-state index is 11.7. The molecule has 0 aromatic heterocycles. The van der Waals surface area contributed by atoms with Crippen molar-refractivity contribution in [3.63, 3.8) is 0 Å². The molecule has 0 saturated carbocycles. The first-order valence-electron chi connectivity index (χ1n) is 5.33. The quantitative estimate of drug-likeness (QED) is 0.871. The number of carbonyl (C=O) groups is 1. The predicted molar refractivity (Wildman–Crippen MR) is 61.7 cm³/mol. The fraction of sp³-hybridized carbons (Fsp3) is 0.364. The van der Waals surface area contributed by atoms with Crippen LogP contribution in [0.3, 0.4) is 0 Å². The summed E-state index contributed by atoms with van der Waals surface area (Å²) in [5.74, 6) is -1.52. The van der Waals surface area contributed by atoms with E-state index in [-0.39, 0.29) is 4.90 Å². The zero-order chi connectivity index (χ0) is 13.2. The minimum Gasteiger partial charge on any atom is -0.490 e. The minimum absolute atomic E-state index is 0.0749. The zero-order valence-electron chi connectivity index (χ0n) is 9.46. The molecule has 0 saturated heterocycles. The molecule has 1 heterocycles. The van der Waals surface area contributed by atoms with Gasteiger partial charge >= 0.3 is 5.97 Å². The van der Waals surface area contributed by atoms with Crippen LogP contribution in [0.1, 0.15) is 6.42 Å². The Kier molecular flexibility index (Phi) is 3.42. The standard InChI is InChI=1S/C11H12O6S/c12-11(13)7-18(14,15)8-2-3-9-10(6-8)17-5-1-4-16-9/h2-3,6H,1,4-5,7H2,(H,12,13). The van der Waals surface area contributed by atoms with Gasteiger partial charge < -0.3 is 14.6 Å². The molecule has 0 amide bonds. The summed E-state index contributed by atoms with van der Waals surface area (Å²) in [4.78, 5) is 10.4. The van der Waals surface area contributed by atoms with Crippen molar-refractivity contribution in [2.75, 3.05) is 19.0 Å². The molecule has 1 aromatic rings. The molecule has 1 aliphatic rings. The molecule has 0 unspecified atom stereocenters. The van der Waals surface area contributed by atoms with E-state index in [0.29, 0.717) is 31.1 Å². The fourth-order valence-corrected chi connectivity index (χ4v) is 2.64. The summed E-state index contributed by atoms with van der Waals surface area (Å²) in [6, 6.07) is 4.11. The lowest BCUT2D eigenvalue weighted by molar-refractivity contribution is -0.134. The first-order chi connectivity index (χ1) is 8.49. The van der Waals surface area contributed by atoms with Gasteiger partial charge in [0.1, 0.15) is 0 Å². The minimum atomic E-state index is -3.84. The molecule has 2 rings (SSSR count). The van der Waals surface area contributed by atoms with Gasteiger partial charge in [-0.25, -0.2) is 8.42 Å². The Labute approximate surface area is 104 Å². The number of hydrogen-bond acceptors (Lipinski definition) is 5. The van der Waals surface area contributed by atoms with Crippen molar-refractivity contribution in [1.29, 1.82) is 0 Å². The van der Waals surface area contributed by atoms with E-state index in [4.69, 9.17) is 14.6 Å². The van der Waals surface area contributed by atoms with Gasteiger partial charge in [0.25, 0.3) is 0 Å². The molecule has 0 atom stereocenters. The molecule has 0 radical (unpaired) electrons. The van der Waals surface area contributed by atoms with E-state index in [0.717, 1.165) is 0 Å². The summed E-state index contributed by atoms with van der Waals surface area (Å²) in [7, 11) is -3.84. The average Bonchev–Trinajstić information content (AvgIpc) is 2.51. The smallest absolute Gasteiger partial charge is 0.319 e.